The SMILES string of the molecule is Cc1ccc(OCC=CCCl)cc1. The Kier molecular flexibility index (Phi) is 4.41. The predicted octanol–water partition coefficient (Wildman–Crippen LogP) is 3.17. The van der Waals surface area contributed by atoms with E-state index in [0.29, 0.717) is 12.5 Å². The minimum absolute atomic E-state index is 0.539. The highest BCUT2D eigenvalue weighted by atomic mass is 35.5. The summed E-state index contributed by atoms with van der Waals surface area (Å²) in [7, 11) is 0. The lowest BCUT2D eigenvalue weighted by molar-refractivity contribution is 0.362. The molecule has 1 aromatic rings. The van der Waals surface area contributed by atoms with Gasteiger partial charge in [-0.05, 0) is 19.1 Å². The second-order valence-corrected chi connectivity index (χ2v) is 3.06. The molecule has 1 rings (SSSR count). The first-order valence-electron chi connectivity index (χ1n) is 4.23. The number of rotatable bonds is 4. The maximum absolute atomic E-state index is 5.46. The second-order valence-electron chi connectivity index (χ2n) is 2.75. The maximum Gasteiger partial charge on any atom is 0.119 e. The van der Waals surface area contributed by atoms with Crippen LogP contribution in [0.1, 0.15) is 5.56 Å². The molecule has 0 amide bonds. The highest BCUT2D eigenvalue weighted by Gasteiger charge is 1.89. The van der Waals surface area contributed by atoms with Gasteiger partial charge in [-0.25, -0.2) is 0 Å². The molecule has 0 spiro atoms. The van der Waals surface area contributed by atoms with Crippen LogP contribution in [0.15, 0.2) is 36.4 Å². The topological polar surface area (TPSA) is 9.23 Å². The van der Waals surface area contributed by atoms with Crippen LogP contribution in [-0.2, 0) is 0 Å². The standard InChI is InChI=1S/C11H13ClO/c1-10-4-6-11(7-5-10)13-9-3-2-8-12/h2-7H,8-9H2,1H3. The smallest absolute Gasteiger partial charge is 0.119 e. The molecule has 0 aliphatic rings. The van der Waals surface area contributed by atoms with Crippen LogP contribution in [-0.4, -0.2) is 12.5 Å². The Balaban J connectivity index is 2.37. The van der Waals surface area contributed by atoms with Crippen molar-refractivity contribution in [2.45, 2.75) is 6.92 Å². The van der Waals surface area contributed by atoms with Crippen LogP contribution < -0.4 is 4.74 Å². The van der Waals surface area contributed by atoms with Crippen LogP contribution in [0.4, 0.5) is 0 Å². The highest BCUT2D eigenvalue weighted by Crippen LogP contribution is 2.10. The summed E-state index contributed by atoms with van der Waals surface area (Å²) in [5, 5.41) is 0. The van der Waals surface area contributed by atoms with Gasteiger partial charge in [0.05, 0.1) is 0 Å². The van der Waals surface area contributed by atoms with E-state index in [4.69, 9.17) is 16.3 Å². The zero-order chi connectivity index (χ0) is 9.52. The summed E-state index contributed by atoms with van der Waals surface area (Å²) in [6.07, 6.45) is 3.78. The first kappa shape index (κ1) is 10.1. The Morgan fingerprint density at radius 3 is 2.54 bits per heavy atom. The molecule has 13 heavy (non-hydrogen) atoms. The fourth-order valence-corrected chi connectivity index (χ4v) is 1.04. The number of benzene rings is 1. The molecule has 0 aliphatic heterocycles. The van der Waals surface area contributed by atoms with Crippen molar-refractivity contribution in [1.82, 2.24) is 0 Å². The van der Waals surface area contributed by atoms with Gasteiger partial charge in [0.1, 0.15) is 12.4 Å². The van der Waals surface area contributed by atoms with Crippen molar-refractivity contribution in [3.05, 3.63) is 42.0 Å². The van der Waals surface area contributed by atoms with E-state index in [-0.39, 0.29) is 0 Å². The van der Waals surface area contributed by atoms with Gasteiger partial charge in [0.15, 0.2) is 0 Å². The van der Waals surface area contributed by atoms with Gasteiger partial charge in [0.2, 0.25) is 0 Å². The lowest BCUT2D eigenvalue weighted by Gasteiger charge is -2.02. The number of hydrogen-bond donors (Lipinski definition) is 0. The summed E-state index contributed by atoms with van der Waals surface area (Å²) >= 11 is 5.46. The third-order valence-electron chi connectivity index (χ3n) is 1.62. The Labute approximate surface area is 84.0 Å². The van der Waals surface area contributed by atoms with Crippen molar-refractivity contribution in [3.63, 3.8) is 0 Å². The number of ether oxygens (including phenoxy) is 1. The van der Waals surface area contributed by atoms with Crippen molar-refractivity contribution < 1.29 is 4.74 Å². The molecule has 0 fully saturated rings. The van der Waals surface area contributed by atoms with Gasteiger partial charge in [0.25, 0.3) is 0 Å². The molecule has 0 saturated heterocycles. The molecule has 0 N–H and O–H groups in total. The van der Waals surface area contributed by atoms with E-state index >= 15 is 0 Å². The lowest BCUT2D eigenvalue weighted by Crippen LogP contribution is -1.92. The van der Waals surface area contributed by atoms with E-state index in [1.165, 1.54) is 5.56 Å². The molecular weight excluding hydrogens is 184 g/mol. The molecule has 0 atom stereocenters. The van der Waals surface area contributed by atoms with Crippen LogP contribution in [0.2, 0.25) is 0 Å². The Morgan fingerprint density at radius 2 is 1.92 bits per heavy atom. The Morgan fingerprint density at radius 1 is 1.23 bits per heavy atom. The molecule has 0 unspecified atom stereocenters. The van der Waals surface area contributed by atoms with Crippen molar-refractivity contribution in [3.8, 4) is 5.75 Å². The maximum atomic E-state index is 5.46. The van der Waals surface area contributed by atoms with Crippen molar-refractivity contribution in [2.24, 2.45) is 0 Å². The summed E-state index contributed by atoms with van der Waals surface area (Å²) < 4.78 is 5.42. The number of alkyl halides is 1. The summed E-state index contributed by atoms with van der Waals surface area (Å²) in [5.41, 5.74) is 1.24. The quantitative estimate of drug-likeness (QED) is 0.531. The average Bonchev–Trinajstić information content (AvgIpc) is 2.15. The molecule has 0 aromatic heterocycles. The molecule has 0 aliphatic carbocycles. The van der Waals surface area contributed by atoms with E-state index in [2.05, 4.69) is 6.92 Å². The Hall–Kier alpha value is -0.950. The first-order chi connectivity index (χ1) is 6.33. The monoisotopic (exact) mass is 196 g/mol. The fourth-order valence-electron chi connectivity index (χ4n) is 0.910. The van der Waals surface area contributed by atoms with Gasteiger partial charge in [-0.2, -0.15) is 0 Å². The third kappa shape index (κ3) is 4.00. The second kappa shape index (κ2) is 5.65. The van der Waals surface area contributed by atoms with Crippen LogP contribution in [0, 0.1) is 6.92 Å². The van der Waals surface area contributed by atoms with E-state index in [1.54, 1.807) is 0 Å². The molecule has 0 heterocycles. The van der Waals surface area contributed by atoms with Gasteiger partial charge in [0, 0.05) is 5.88 Å². The molecule has 0 radical (unpaired) electrons. The average molecular weight is 197 g/mol. The first-order valence-corrected chi connectivity index (χ1v) is 4.77. The molecule has 70 valence electrons. The third-order valence-corrected chi connectivity index (χ3v) is 1.80. The normalized spacial score (nSPS) is 10.6. The predicted molar refractivity (Wildman–Crippen MR) is 56.5 cm³/mol. The fraction of sp³-hybridized carbons (Fsp3) is 0.273. The molecule has 0 saturated carbocycles. The van der Waals surface area contributed by atoms with Crippen molar-refractivity contribution >= 4 is 11.6 Å². The molecule has 0 bridgehead atoms. The summed E-state index contributed by atoms with van der Waals surface area (Å²) in [5.74, 6) is 1.43. The number of halogens is 1. The zero-order valence-electron chi connectivity index (χ0n) is 7.66. The van der Waals surface area contributed by atoms with Crippen LogP contribution in [0.25, 0.3) is 0 Å². The zero-order valence-corrected chi connectivity index (χ0v) is 8.42. The Bertz CT molecular complexity index is 264. The highest BCUT2D eigenvalue weighted by molar-refractivity contribution is 6.18. The van der Waals surface area contributed by atoms with E-state index < -0.39 is 0 Å². The van der Waals surface area contributed by atoms with E-state index in [1.807, 2.05) is 36.4 Å². The van der Waals surface area contributed by atoms with Gasteiger partial charge in [-0.3, -0.25) is 0 Å². The number of allylic oxidation sites excluding steroid dienone is 1. The van der Waals surface area contributed by atoms with E-state index in [9.17, 15) is 0 Å². The van der Waals surface area contributed by atoms with Gasteiger partial charge >= 0.3 is 0 Å². The molecule has 1 aromatic carbocycles. The van der Waals surface area contributed by atoms with Crippen LogP contribution in [0.5, 0.6) is 5.75 Å². The number of aryl methyl sites for hydroxylation is 1. The molecule has 1 nitrogen and oxygen atoms in total. The van der Waals surface area contributed by atoms with Crippen molar-refractivity contribution in [1.29, 1.82) is 0 Å². The number of hydrogen-bond acceptors (Lipinski definition) is 1. The summed E-state index contributed by atoms with van der Waals surface area (Å²) in [4.78, 5) is 0. The lowest BCUT2D eigenvalue weighted by atomic mass is 10.2. The van der Waals surface area contributed by atoms with Gasteiger partial charge in [-0.15, -0.1) is 11.6 Å². The summed E-state index contributed by atoms with van der Waals surface area (Å²) in [6.45, 7) is 2.63. The van der Waals surface area contributed by atoms with Gasteiger partial charge in [-0.1, -0.05) is 29.8 Å². The minimum Gasteiger partial charge on any atom is -0.490 e. The van der Waals surface area contributed by atoms with Crippen molar-refractivity contribution in [2.75, 3.05) is 12.5 Å². The van der Waals surface area contributed by atoms with E-state index in [0.717, 1.165) is 5.75 Å². The van der Waals surface area contributed by atoms with Gasteiger partial charge < -0.3 is 4.74 Å². The van der Waals surface area contributed by atoms with Crippen LogP contribution >= 0.6 is 11.6 Å². The molecular formula is C11H13ClO. The summed E-state index contributed by atoms with van der Waals surface area (Å²) in [6, 6.07) is 7.98. The largest absolute Gasteiger partial charge is 0.490 e. The minimum atomic E-state index is 0.539. The van der Waals surface area contributed by atoms with Crippen LogP contribution in [0.3, 0.4) is 0 Å². The molecule has 2 heteroatoms.